The lowest BCUT2D eigenvalue weighted by Gasteiger charge is -1.95. The molecule has 0 aliphatic rings. The lowest BCUT2D eigenvalue weighted by Crippen LogP contribution is -3.00. The van der Waals surface area contributed by atoms with Gasteiger partial charge in [0.1, 0.15) is 18.9 Å². The summed E-state index contributed by atoms with van der Waals surface area (Å²) in [5.41, 5.74) is -0.278. The monoisotopic (exact) mass is 242 g/mol. The van der Waals surface area contributed by atoms with Gasteiger partial charge in [0.15, 0.2) is 0 Å². The van der Waals surface area contributed by atoms with Crippen LogP contribution >= 0.6 is 0 Å². The van der Waals surface area contributed by atoms with Crippen molar-refractivity contribution in [2.24, 2.45) is 7.05 Å². The Hall–Kier alpha value is -1.82. The summed E-state index contributed by atoms with van der Waals surface area (Å²) < 4.78 is 3.75. The fourth-order valence-electron chi connectivity index (χ4n) is 1.40. The third-order valence-electron chi connectivity index (χ3n) is 1.99. The number of nitrogens with one attached hydrogen (secondary N) is 2. The number of aromatic nitrogens is 4. The first kappa shape index (κ1) is 12.3. The number of rotatable bonds is 2. The van der Waals surface area contributed by atoms with Crippen molar-refractivity contribution in [1.29, 1.82) is 0 Å². The molecule has 7 heteroatoms. The number of aromatic amines is 2. The van der Waals surface area contributed by atoms with E-state index in [1.54, 1.807) is 0 Å². The first-order chi connectivity index (χ1) is 7.13. The van der Waals surface area contributed by atoms with E-state index in [1.807, 2.05) is 34.9 Å². The van der Waals surface area contributed by atoms with Crippen LogP contribution in [0.4, 0.5) is 0 Å². The van der Waals surface area contributed by atoms with Gasteiger partial charge in [-0.05, 0) is 0 Å². The average Bonchev–Trinajstić information content (AvgIpc) is 2.49. The molecule has 0 bridgehead atoms. The molecule has 86 valence electrons. The molecular formula is C9H11ClN4O2. The van der Waals surface area contributed by atoms with Crippen molar-refractivity contribution in [2.45, 2.75) is 6.54 Å². The summed E-state index contributed by atoms with van der Waals surface area (Å²) in [7, 11) is 1.90. The summed E-state index contributed by atoms with van der Waals surface area (Å²) in [4.78, 5) is 26.7. The second-order valence-electron chi connectivity index (χ2n) is 3.36. The summed E-state index contributed by atoms with van der Waals surface area (Å²) in [6.07, 6.45) is 5.60. The highest BCUT2D eigenvalue weighted by atomic mass is 35.5. The molecule has 2 aromatic heterocycles. The molecular weight excluding hydrogens is 232 g/mol. The zero-order chi connectivity index (χ0) is 10.8. The van der Waals surface area contributed by atoms with E-state index < -0.39 is 5.69 Å². The molecule has 2 N–H and O–H groups in total. The molecule has 0 amide bonds. The second-order valence-corrected chi connectivity index (χ2v) is 3.36. The van der Waals surface area contributed by atoms with Crippen LogP contribution in [0, 0.1) is 0 Å². The largest absolute Gasteiger partial charge is 1.00 e. The van der Waals surface area contributed by atoms with E-state index in [2.05, 4.69) is 9.97 Å². The number of nitrogens with zero attached hydrogens (tertiary/aromatic N) is 2. The Kier molecular flexibility index (Phi) is 3.68. The topological polar surface area (TPSA) is 74.5 Å². The van der Waals surface area contributed by atoms with Crippen LogP contribution in [-0.2, 0) is 13.6 Å². The Morgan fingerprint density at radius 3 is 2.69 bits per heavy atom. The Balaban J connectivity index is 0.00000128. The number of imidazole rings is 1. The summed E-state index contributed by atoms with van der Waals surface area (Å²) >= 11 is 0. The van der Waals surface area contributed by atoms with Crippen molar-refractivity contribution in [1.82, 2.24) is 14.5 Å². The Bertz CT molecular complexity index is 555. The third kappa shape index (κ3) is 2.83. The van der Waals surface area contributed by atoms with Gasteiger partial charge >= 0.3 is 5.69 Å². The highest BCUT2D eigenvalue weighted by molar-refractivity contribution is 4.99. The minimum Gasteiger partial charge on any atom is -1.00 e. The van der Waals surface area contributed by atoms with E-state index in [4.69, 9.17) is 0 Å². The molecule has 0 radical (unpaired) electrons. The van der Waals surface area contributed by atoms with Crippen LogP contribution in [-0.4, -0.2) is 14.5 Å². The van der Waals surface area contributed by atoms with Crippen LogP contribution in [0.25, 0.3) is 0 Å². The SMILES string of the molecule is C[n+]1ccn(Cc2cc(=O)[nH]c(=O)[nH]2)c1.[Cl-]. The maximum absolute atomic E-state index is 11.0. The molecule has 0 aliphatic heterocycles. The van der Waals surface area contributed by atoms with E-state index in [0.717, 1.165) is 0 Å². The van der Waals surface area contributed by atoms with Crippen molar-refractivity contribution in [3.05, 3.63) is 51.3 Å². The third-order valence-corrected chi connectivity index (χ3v) is 1.99. The zero-order valence-corrected chi connectivity index (χ0v) is 9.36. The molecule has 0 atom stereocenters. The molecule has 16 heavy (non-hydrogen) atoms. The summed E-state index contributed by atoms with van der Waals surface area (Å²) in [5.74, 6) is 0. The van der Waals surface area contributed by atoms with Crippen molar-refractivity contribution in [3.8, 4) is 0 Å². The molecule has 0 spiro atoms. The van der Waals surface area contributed by atoms with Crippen LogP contribution in [0.2, 0.25) is 0 Å². The van der Waals surface area contributed by atoms with Crippen LogP contribution in [0.1, 0.15) is 5.69 Å². The molecule has 0 aromatic carbocycles. The summed E-state index contributed by atoms with van der Waals surface area (Å²) in [6, 6.07) is 1.38. The molecule has 2 heterocycles. The molecule has 0 saturated carbocycles. The highest BCUT2D eigenvalue weighted by Gasteiger charge is 2.03. The smallest absolute Gasteiger partial charge is 0.326 e. The van der Waals surface area contributed by atoms with Crippen molar-refractivity contribution in [3.63, 3.8) is 0 Å². The highest BCUT2D eigenvalue weighted by Crippen LogP contribution is 1.91. The lowest BCUT2D eigenvalue weighted by atomic mass is 10.4. The average molecular weight is 243 g/mol. The molecule has 0 aliphatic carbocycles. The van der Waals surface area contributed by atoms with Crippen molar-refractivity contribution in [2.75, 3.05) is 0 Å². The van der Waals surface area contributed by atoms with E-state index in [0.29, 0.717) is 12.2 Å². The minimum absolute atomic E-state index is 0. The number of hydrogen-bond acceptors (Lipinski definition) is 2. The van der Waals surface area contributed by atoms with Crippen LogP contribution in [0.15, 0.2) is 34.4 Å². The molecule has 2 rings (SSSR count). The first-order valence-corrected chi connectivity index (χ1v) is 4.47. The van der Waals surface area contributed by atoms with Gasteiger partial charge in [-0.3, -0.25) is 9.78 Å². The minimum atomic E-state index is -0.478. The zero-order valence-electron chi connectivity index (χ0n) is 8.61. The van der Waals surface area contributed by atoms with E-state index in [9.17, 15) is 9.59 Å². The van der Waals surface area contributed by atoms with E-state index >= 15 is 0 Å². The van der Waals surface area contributed by atoms with Crippen molar-refractivity contribution >= 4 is 0 Å². The Labute approximate surface area is 97.0 Å². The normalized spacial score (nSPS) is 9.81. The van der Waals surface area contributed by atoms with Gasteiger partial charge in [0.05, 0.1) is 12.7 Å². The van der Waals surface area contributed by atoms with Gasteiger partial charge in [-0.15, -0.1) is 0 Å². The first-order valence-electron chi connectivity index (χ1n) is 4.47. The molecule has 0 saturated heterocycles. The summed E-state index contributed by atoms with van der Waals surface area (Å²) in [6.45, 7) is 0.472. The predicted molar refractivity (Wildman–Crippen MR) is 52.4 cm³/mol. The van der Waals surface area contributed by atoms with Crippen LogP contribution in [0.3, 0.4) is 0 Å². The quantitative estimate of drug-likeness (QED) is 0.524. The molecule has 0 fully saturated rings. The molecule has 2 aromatic rings. The van der Waals surface area contributed by atoms with Gasteiger partial charge in [0.2, 0.25) is 6.33 Å². The lowest BCUT2D eigenvalue weighted by molar-refractivity contribution is -0.671. The van der Waals surface area contributed by atoms with Gasteiger partial charge in [0, 0.05) is 6.07 Å². The van der Waals surface area contributed by atoms with Crippen molar-refractivity contribution < 1.29 is 17.0 Å². The van der Waals surface area contributed by atoms with Gasteiger partial charge in [-0.1, -0.05) is 0 Å². The van der Waals surface area contributed by atoms with Crippen LogP contribution < -0.4 is 28.2 Å². The maximum atomic E-state index is 11.0. The Morgan fingerprint density at radius 1 is 1.38 bits per heavy atom. The fourth-order valence-corrected chi connectivity index (χ4v) is 1.40. The number of aryl methyl sites for hydroxylation is 1. The van der Waals surface area contributed by atoms with Gasteiger partial charge in [-0.25, -0.2) is 13.9 Å². The fraction of sp³-hybridized carbons (Fsp3) is 0.222. The number of H-pyrrole nitrogens is 2. The number of halogens is 1. The van der Waals surface area contributed by atoms with Crippen LogP contribution in [0.5, 0.6) is 0 Å². The predicted octanol–water partition coefficient (Wildman–Crippen LogP) is -4.26. The van der Waals surface area contributed by atoms with Gasteiger partial charge in [0.25, 0.3) is 5.56 Å². The standard InChI is InChI=1S/C9H10N4O2.ClH/c1-12-2-3-13(6-12)5-7-4-8(14)11-9(15)10-7;/h2-4,6H,5H2,1H3,(H-,10,11,14,15);1H. The van der Waals surface area contributed by atoms with E-state index in [-0.39, 0.29) is 18.0 Å². The maximum Gasteiger partial charge on any atom is 0.326 e. The molecule has 0 unspecified atom stereocenters. The number of hydrogen-bond donors (Lipinski definition) is 2. The van der Waals surface area contributed by atoms with Gasteiger partial charge in [-0.2, -0.15) is 0 Å². The second kappa shape index (κ2) is 4.80. The summed E-state index contributed by atoms with van der Waals surface area (Å²) in [5, 5.41) is 0. The van der Waals surface area contributed by atoms with Gasteiger partial charge < -0.3 is 17.4 Å². The van der Waals surface area contributed by atoms with E-state index in [1.165, 1.54) is 6.07 Å². The molecule has 6 nitrogen and oxygen atoms in total. The Morgan fingerprint density at radius 2 is 2.12 bits per heavy atom.